The van der Waals surface area contributed by atoms with Gasteiger partial charge in [0, 0.05) is 54.1 Å². The number of halogens is 2. The topological polar surface area (TPSA) is 144 Å². The van der Waals surface area contributed by atoms with Crippen LogP contribution in [-0.4, -0.2) is 78.5 Å². The molecular weight excluding hydrogens is 566 g/mol. The summed E-state index contributed by atoms with van der Waals surface area (Å²) < 4.78 is 30.9. The lowest BCUT2D eigenvalue weighted by molar-refractivity contribution is 0.153. The minimum absolute atomic E-state index is 0.0332. The molecule has 5 heterocycles. The molecule has 0 saturated heterocycles. The summed E-state index contributed by atoms with van der Waals surface area (Å²) in [6, 6.07) is 8.12. The van der Waals surface area contributed by atoms with Gasteiger partial charge >= 0.3 is 0 Å². The fourth-order valence-electron chi connectivity index (χ4n) is 4.84. The van der Waals surface area contributed by atoms with Crippen molar-refractivity contribution in [3.05, 3.63) is 66.8 Å². The molecule has 5 N–H and O–H groups in total. The predicted octanol–water partition coefficient (Wildman–Crippen LogP) is 5.26. The van der Waals surface area contributed by atoms with E-state index in [1.165, 1.54) is 24.5 Å². The van der Waals surface area contributed by atoms with Gasteiger partial charge in [-0.1, -0.05) is 13.8 Å². The van der Waals surface area contributed by atoms with Gasteiger partial charge in [0.25, 0.3) is 0 Å². The van der Waals surface area contributed by atoms with E-state index in [-0.39, 0.29) is 22.5 Å². The molecule has 0 saturated carbocycles. The molecule has 1 unspecified atom stereocenters. The maximum atomic E-state index is 16.2. The zero-order valence-corrected chi connectivity index (χ0v) is 24.7. The number of aliphatic hydroxyl groups is 1. The van der Waals surface area contributed by atoms with Gasteiger partial charge in [-0.3, -0.25) is 15.1 Å². The molecule has 0 bridgehead atoms. The molecular formula is C31H32F2N10O. The van der Waals surface area contributed by atoms with Crippen LogP contribution in [0.1, 0.15) is 13.8 Å². The number of likely N-dealkylation sites (N-methyl/N-ethyl adjacent to an activating group) is 1. The highest BCUT2D eigenvalue weighted by atomic mass is 19.1. The molecule has 13 heteroatoms. The van der Waals surface area contributed by atoms with Crippen LogP contribution in [0.15, 0.2) is 55.1 Å². The Hall–Kier alpha value is -5.01. The number of nitrogens with zero attached hydrogens (tertiary/aromatic N) is 6. The first-order valence-electron chi connectivity index (χ1n) is 14.1. The number of anilines is 2. The first-order valence-corrected chi connectivity index (χ1v) is 14.1. The van der Waals surface area contributed by atoms with Crippen molar-refractivity contribution in [3.8, 4) is 33.9 Å². The van der Waals surface area contributed by atoms with Gasteiger partial charge in [0.1, 0.15) is 29.1 Å². The number of hydrogen-bond donors (Lipinski definition) is 5. The third-order valence-electron chi connectivity index (χ3n) is 7.21. The summed E-state index contributed by atoms with van der Waals surface area (Å²) in [6.45, 7) is 5.19. The Morgan fingerprint density at radius 2 is 1.82 bits per heavy atom. The number of aromatic amines is 2. The van der Waals surface area contributed by atoms with E-state index in [1.54, 1.807) is 24.5 Å². The van der Waals surface area contributed by atoms with Crippen molar-refractivity contribution in [2.24, 2.45) is 5.92 Å². The molecule has 0 aliphatic carbocycles. The number of benzene rings is 1. The smallest absolute Gasteiger partial charge is 0.184 e. The second-order valence-electron chi connectivity index (χ2n) is 11.2. The molecule has 44 heavy (non-hydrogen) atoms. The average Bonchev–Trinajstić information content (AvgIpc) is 3.62. The summed E-state index contributed by atoms with van der Waals surface area (Å²) in [6.07, 6.45) is 5.31. The predicted molar refractivity (Wildman–Crippen MR) is 167 cm³/mol. The monoisotopic (exact) mass is 598 g/mol. The highest BCUT2D eigenvalue weighted by Gasteiger charge is 2.22. The molecule has 0 spiro atoms. The lowest BCUT2D eigenvalue weighted by Crippen LogP contribution is -2.24. The number of nitrogens with one attached hydrogen (secondary N) is 4. The number of fused-ring (bicyclic) bond motifs is 2. The number of H-pyrrole nitrogens is 2. The van der Waals surface area contributed by atoms with Crippen molar-refractivity contribution < 1.29 is 13.9 Å². The number of hydrogen-bond acceptors (Lipinski definition) is 9. The van der Waals surface area contributed by atoms with Crippen LogP contribution in [0.25, 0.3) is 56.0 Å². The van der Waals surface area contributed by atoms with Gasteiger partial charge in [0.2, 0.25) is 0 Å². The molecule has 0 aliphatic rings. The fourth-order valence-corrected chi connectivity index (χ4v) is 4.84. The van der Waals surface area contributed by atoms with E-state index in [4.69, 9.17) is 4.98 Å². The van der Waals surface area contributed by atoms with E-state index in [0.29, 0.717) is 57.3 Å². The lowest BCUT2D eigenvalue weighted by Gasteiger charge is -2.17. The third kappa shape index (κ3) is 5.79. The largest absolute Gasteiger partial charge is 0.384 e. The van der Waals surface area contributed by atoms with Gasteiger partial charge < -0.3 is 25.6 Å². The number of aliphatic hydroxyl groups excluding tert-OH is 1. The van der Waals surface area contributed by atoms with Crippen molar-refractivity contribution in [1.82, 2.24) is 40.0 Å². The van der Waals surface area contributed by atoms with Crippen LogP contribution in [0, 0.1) is 17.6 Å². The Bertz CT molecular complexity index is 1950. The van der Waals surface area contributed by atoms with Gasteiger partial charge in [0.05, 0.1) is 28.5 Å². The van der Waals surface area contributed by atoms with Crippen LogP contribution < -0.4 is 10.6 Å². The van der Waals surface area contributed by atoms with Crippen LogP contribution in [0.4, 0.5) is 20.2 Å². The normalized spacial score (nSPS) is 12.5. The van der Waals surface area contributed by atoms with E-state index in [0.717, 1.165) is 6.54 Å². The maximum absolute atomic E-state index is 16.2. The highest BCUT2D eigenvalue weighted by Crippen LogP contribution is 2.35. The summed E-state index contributed by atoms with van der Waals surface area (Å²) in [4.78, 5) is 23.1. The van der Waals surface area contributed by atoms with Gasteiger partial charge in [-0.15, -0.1) is 0 Å². The minimum atomic E-state index is -0.788. The molecule has 5 aromatic heterocycles. The molecule has 226 valence electrons. The number of imidazole rings is 1. The number of rotatable bonds is 10. The van der Waals surface area contributed by atoms with Crippen LogP contribution in [0.2, 0.25) is 0 Å². The summed E-state index contributed by atoms with van der Waals surface area (Å²) in [5.74, 6) is -0.672. The second kappa shape index (κ2) is 11.9. The Kier molecular flexibility index (Phi) is 7.89. The van der Waals surface area contributed by atoms with Gasteiger partial charge in [-0.05, 0) is 50.3 Å². The average molecular weight is 599 g/mol. The van der Waals surface area contributed by atoms with Crippen molar-refractivity contribution >= 4 is 33.4 Å². The van der Waals surface area contributed by atoms with Gasteiger partial charge in [0.15, 0.2) is 11.5 Å². The standard InChI is InChI=1S/C31H32F2N10O/c1-16(2)31(44)38-21-11-18(13-34-14-21)22-15-37-29-24(25(22)33)28(41-42-29)30-39-23-5-6-36-26(27(23)40-30)17-9-19(32)12-20(10-17)35-7-8-43(3)4/h5-6,9-16,31,35,38,44H,7-8H2,1-4H3,(H,39,40)(H,37,41,42). The Balaban J connectivity index is 1.38. The molecule has 0 radical (unpaired) electrons. The van der Waals surface area contributed by atoms with Crippen molar-refractivity contribution in [2.75, 3.05) is 37.8 Å². The van der Waals surface area contributed by atoms with E-state index in [2.05, 4.69) is 40.8 Å². The SMILES string of the molecule is CC(C)C(O)Nc1cncc(-c2cnc3n[nH]c(-c4nc5c(-c6cc(F)cc(NCCN(C)C)c6)nccc5[nH]4)c3c2F)c1. The molecule has 11 nitrogen and oxygen atoms in total. The molecule has 0 fully saturated rings. The van der Waals surface area contributed by atoms with Crippen molar-refractivity contribution in [1.29, 1.82) is 0 Å². The van der Waals surface area contributed by atoms with E-state index in [1.807, 2.05) is 38.9 Å². The highest BCUT2D eigenvalue weighted by molar-refractivity contribution is 5.97. The number of pyridine rings is 3. The molecule has 6 aromatic rings. The molecule has 6 rings (SSSR count). The van der Waals surface area contributed by atoms with Crippen molar-refractivity contribution in [3.63, 3.8) is 0 Å². The quantitative estimate of drug-likeness (QED) is 0.133. The fraction of sp³-hybridized carbons (Fsp3) is 0.258. The van der Waals surface area contributed by atoms with Crippen LogP contribution in [0.3, 0.4) is 0 Å². The Morgan fingerprint density at radius 3 is 2.61 bits per heavy atom. The zero-order chi connectivity index (χ0) is 31.0. The van der Waals surface area contributed by atoms with Crippen molar-refractivity contribution in [2.45, 2.75) is 20.1 Å². The lowest BCUT2D eigenvalue weighted by atomic mass is 10.1. The Labute approximate surface area is 251 Å². The molecule has 1 atom stereocenters. The summed E-state index contributed by atoms with van der Waals surface area (Å²) in [7, 11) is 3.94. The van der Waals surface area contributed by atoms with Gasteiger partial charge in [-0.25, -0.2) is 18.7 Å². The van der Waals surface area contributed by atoms with Crippen LogP contribution >= 0.6 is 0 Å². The maximum Gasteiger partial charge on any atom is 0.184 e. The van der Waals surface area contributed by atoms with E-state index < -0.39 is 17.9 Å². The summed E-state index contributed by atoms with van der Waals surface area (Å²) in [5, 5.41) is 23.7. The number of aromatic nitrogens is 7. The molecule has 0 amide bonds. The molecule has 1 aromatic carbocycles. The second-order valence-corrected chi connectivity index (χ2v) is 11.2. The van der Waals surface area contributed by atoms with Gasteiger partial charge in [-0.2, -0.15) is 5.10 Å². The first kappa shape index (κ1) is 29.1. The van der Waals surface area contributed by atoms with E-state index >= 15 is 4.39 Å². The minimum Gasteiger partial charge on any atom is -0.384 e. The first-order chi connectivity index (χ1) is 21.2. The molecule has 0 aliphatic heterocycles. The zero-order valence-electron chi connectivity index (χ0n) is 24.7. The van der Waals surface area contributed by atoms with Crippen LogP contribution in [-0.2, 0) is 0 Å². The van der Waals surface area contributed by atoms with Crippen LogP contribution in [0.5, 0.6) is 0 Å². The summed E-state index contributed by atoms with van der Waals surface area (Å²) in [5.41, 5.74) is 4.49. The Morgan fingerprint density at radius 1 is 1.00 bits per heavy atom. The van der Waals surface area contributed by atoms with E-state index in [9.17, 15) is 9.50 Å². The summed E-state index contributed by atoms with van der Waals surface area (Å²) >= 11 is 0. The third-order valence-corrected chi connectivity index (χ3v) is 7.21.